The molecular formula is C13H18N2O4S2. The smallest absolute Gasteiger partial charge is 0.240 e. The number of sulfonamides is 1. The average molecular weight is 330 g/mol. The molecule has 1 rings (SSSR count). The zero-order valence-corrected chi connectivity index (χ0v) is 13.3. The lowest BCUT2D eigenvalue weighted by molar-refractivity contribution is 0.577. The van der Waals surface area contributed by atoms with Crippen LogP contribution in [0.2, 0.25) is 0 Å². The molecule has 0 heterocycles. The maximum Gasteiger partial charge on any atom is 0.240 e. The van der Waals surface area contributed by atoms with Gasteiger partial charge in [-0.3, -0.25) is 0 Å². The molecule has 0 fully saturated rings. The molecule has 0 saturated heterocycles. The van der Waals surface area contributed by atoms with Crippen LogP contribution in [-0.4, -0.2) is 41.9 Å². The summed E-state index contributed by atoms with van der Waals surface area (Å²) in [6.07, 6.45) is 1.35. The minimum Gasteiger partial charge on any atom is -0.320 e. The van der Waals surface area contributed by atoms with E-state index in [1.807, 2.05) is 0 Å². The Bertz CT molecular complexity index is 727. The Morgan fingerprint density at radius 3 is 2.29 bits per heavy atom. The van der Waals surface area contributed by atoms with E-state index < -0.39 is 19.9 Å². The molecule has 6 nitrogen and oxygen atoms in total. The summed E-state index contributed by atoms with van der Waals surface area (Å²) in [4.78, 5) is 0.111. The third-order valence-corrected chi connectivity index (χ3v) is 4.99. The van der Waals surface area contributed by atoms with Gasteiger partial charge in [0.05, 0.1) is 17.2 Å². The van der Waals surface area contributed by atoms with Gasteiger partial charge in [-0.2, -0.15) is 0 Å². The molecule has 0 atom stereocenters. The average Bonchev–Trinajstić information content (AvgIpc) is 2.41. The molecule has 21 heavy (non-hydrogen) atoms. The van der Waals surface area contributed by atoms with Crippen LogP contribution in [0.3, 0.4) is 0 Å². The standard InChI is InChI=1S/C13H18N2O4S2/c1-20(16,17)11-3-10-15-21(18,19)13-7-5-12(6-8-13)4-2-9-14/h5-8,15H,3,9-11,14H2,1H3. The molecule has 0 unspecified atom stereocenters. The SMILES string of the molecule is CS(=O)(=O)CCCNS(=O)(=O)c1ccc(C#CCN)cc1. The normalized spacial score (nSPS) is 11.7. The molecule has 3 N–H and O–H groups in total. The van der Waals surface area contributed by atoms with Crippen molar-refractivity contribution >= 4 is 19.9 Å². The van der Waals surface area contributed by atoms with Crippen molar-refractivity contribution in [2.75, 3.05) is 25.1 Å². The number of hydrogen-bond acceptors (Lipinski definition) is 5. The van der Waals surface area contributed by atoms with E-state index in [0.29, 0.717) is 5.56 Å². The van der Waals surface area contributed by atoms with Crippen molar-refractivity contribution in [3.05, 3.63) is 29.8 Å². The molecule has 0 saturated carbocycles. The topological polar surface area (TPSA) is 106 Å². The second kappa shape index (κ2) is 7.56. The minimum atomic E-state index is -3.63. The molecule has 0 aliphatic rings. The van der Waals surface area contributed by atoms with Crippen molar-refractivity contribution in [3.63, 3.8) is 0 Å². The number of sulfone groups is 1. The zero-order valence-electron chi connectivity index (χ0n) is 11.7. The predicted octanol–water partition coefficient (Wildman–Crippen LogP) is -0.290. The lowest BCUT2D eigenvalue weighted by atomic mass is 10.2. The highest BCUT2D eigenvalue weighted by Crippen LogP contribution is 2.09. The van der Waals surface area contributed by atoms with Crippen LogP contribution < -0.4 is 10.5 Å². The maximum absolute atomic E-state index is 12.0. The molecule has 0 aromatic heterocycles. The van der Waals surface area contributed by atoms with Gasteiger partial charge in [0.25, 0.3) is 0 Å². The van der Waals surface area contributed by atoms with Crippen molar-refractivity contribution in [2.45, 2.75) is 11.3 Å². The summed E-state index contributed by atoms with van der Waals surface area (Å²) >= 11 is 0. The van der Waals surface area contributed by atoms with Crippen LogP contribution in [0, 0.1) is 11.8 Å². The van der Waals surface area contributed by atoms with Crippen molar-refractivity contribution in [1.82, 2.24) is 4.72 Å². The summed E-state index contributed by atoms with van der Waals surface area (Å²) in [5, 5.41) is 0. The van der Waals surface area contributed by atoms with Gasteiger partial charge in [-0.25, -0.2) is 21.6 Å². The molecule has 0 spiro atoms. The number of benzene rings is 1. The fourth-order valence-corrected chi connectivity index (χ4v) is 3.24. The highest BCUT2D eigenvalue weighted by molar-refractivity contribution is 7.90. The first-order valence-corrected chi connectivity index (χ1v) is 9.75. The van der Waals surface area contributed by atoms with E-state index in [1.54, 1.807) is 12.1 Å². The van der Waals surface area contributed by atoms with Gasteiger partial charge >= 0.3 is 0 Å². The third kappa shape index (κ3) is 6.73. The number of rotatable bonds is 6. The fourth-order valence-electron chi connectivity index (χ4n) is 1.49. The van der Waals surface area contributed by atoms with E-state index in [4.69, 9.17) is 5.73 Å². The van der Waals surface area contributed by atoms with E-state index >= 15 is 0 Å². The Labute approximate surface area is 125 Å². The van der Waals surface area contributed by atoms with Crippen LogP contribution in [0.4, 0.5) is 0 Å². The first kappa shape index (κ1) is 17.7. The zero-order chi connectivity index (χ0) is 15.9. The molecule has 1 aromatic carbocycles. The van der Waals surface area contributed by atoms with E-state index in [-0.39, 0.29) is 30.2 Å². The lowest BCUT2D eigenvalue weighted by Crippen LogP contribution is -2.26. The summed E-state index contributed by atoms with van der Waals surface area (Å²) in [5.74, 6) is 5.42. The van der Waals surface area contributed by atoms with Crippen molar-refractivity contribution in [3.8, 4) is 11.8 Å². The minimum absolute atomic E-state index is 0.0524. The van der Waals surface area contributed by atoms with Crippen LogP contribution in [0.5, 0.6) is 0 Å². The van der Waals surface area contributed by atoms with Crippen LogP contribution in [-0.2, 0) is 19.9 Å². The van der Waals surface area contributed by atoms with Gasteiger partial charge in [0, 0.05) is 18.4 Å². The third-order valence-electron chi connectivity index (χ3n) is 2.48. The summed E-state index contributed by atoms with van der Waals surface area (Å²) in [6.45, 7) is 0.312. The molecular weight excluding hydrogens is 312 g/mol. The summed E-state index contributed by atoms with van der Waals surface area (Å²) < 4.78 is 48.2. The van der Waals surface area contributed by atoms with Gasteiger partial charge in [0.2, 0.25) is 10.0 Å². The van der Waals surface area contributed by atoms with Gasteiger partial charge < -0.3 is 5.73 Å². The van der Waals surface area contributed by atoms with Crippen molar-refractivity contribution < 1.29 is 16.8 Å². The van der Waals surface area contributed by atoms with Crippen LogP contribution in [0.25, 0.3) is 0 Å². The molecule has 0 aliphatic heterocycles. The second-order valence-electron chi connectivity index (χ2n) is 4.41. The number of nitrogens with one attached hydrogen (secondary N) is 1. The Hall–Kier alpha value is -1.40. The van der Waals surface area contributed by atoms with Crippen LogP contribution >= 0.6 is 0 Å². The highest BCUT2D eigenvalue weighted by atomic mass is 32.2. The summed E-state index contributed by atoms with van der Waals surface area (Å²) in [5.41, 5.74) is 5.93. The molecule has 8 heteroatoms. The monoisotopic (exact) mass is 330 g/mol. The molecule has 0 radical (unpaired) electrons. The van der Waals surface area contributed by atoms with E-state index in [2.05, 4.69) is 16.6 Å². The van der Waals surface area contributed by atoms with Gasteiger partial charge in [0.1, 0.15) is 9.84 Å². The van der Waals surface area contributed by atoms with E-state index in [1.165, 1.54) is 12.1 Å². The fraction of sp³-hybridized carbons (Fsp3) is 0.385. The van der Waals surface area contributed by atoms with Gasteiger partial charge in [0.15, 0.2) is 0 Å². The first-order chi connectivity index (χ1) is 9.74. The Kier molecular flexibility index (Phi) is 6.36. The van der Waals surface area contributed by atoms with E-state index in [9.17, 15) is 16.8 Å². The molecule has 1 aromatic rings. The molecule has 0 aliphatic carbocycles. The Morgan fingerprint density at radius 1 is 1.14 bits per heavy atom. The molecule has 0 bridgehead atoms. The van der Waals surface area contributed by atoms with Gasteiger partial charge in [-0.15, -0.1) is 0 Å². The number of hydrogen-bond donors (Lipinski definition) is 2. The number of nitrogens with two attached hydrogens (primary N) is 1. The van der Waals surface area contributed by atoms with Gasteiger partial charge in [-0.05, 0) is 30.7 Å². The lowest BCUT2D eigenvalue weighted by Gasteiger charge is -2.06. The second-order valence-corrected chi connectivity index (χ2v) is 8.44. The summed E-state index contributed by atoms with van der Waals surface area (Å²) in [6, 6.07) is 6.07. The highest BCUT2D eigenvalue weighted by Gasteiger charge is 2.13. The predicted molar refractivity (Wildman–Crippen MR) is 81.9 cm³/mol. The quantitative estimate of drug-likeness (QED) is 0.551. The van der Waals surface area contributed by atoms with Crippen molar-refractivity contribution in [2.24, 2.45) is 5.73 Å². The van der Waals surface area contributed by atoms with Crippen LogP contribution in [0.15, 0.2) is 29.2 Å². The Balaban J connectivity index is 2.66. The maximum atomic E-state index is 12.0. The van der Waals surface area contributed by atoms with Gasteiger partial charge in [-0.1, -0.05) is 11.8 Å². The molecule has 0 amide bonds. The molecule has 116 valence electrons. The summed E-state index contributed by atoms with van der Waals surface area (Å²) in [7, 11) is -6.71. The first-order valence-electron chi connectivity index (χ1n) is 6.21. The van der Waals surface area contributed by atoms with Crippen LogP contribution in [0.1, 0.15) is 12.0 Å². The Morgan fingerprint density at radius 2 is 1.76 bits per heavy atom. The van der Waals surface area contributed by atoms with E-state index in [0.717, 1.165) is 6.26 Å². The largest absolute Gasteiger partial charge is 0.320 e. The van der Waals surface area contributed by atoms with Crippen molar-refractivity contribution in [1.29, 1.82) is 0 Å².